The third kappa shape index (κ3) is 4.99. The van der Waals surface area contributed by atoms with Gasteiger partial charge in [0.05, 0.1) is 0 Å². The van der Waals surface area contributed by atoms with Gasteiger partial charge in [-0.25, -0.2) is 0 Å². The average molecular weight is 268 g/mol. The summed E-state index contributed by atoms with van der Waals surface area (Å²) in [5.74, 6) is 1.25. The zero-order valence-electron chi connectivity index (χ0n) is 11.9. The van der Waals surface area contributed by atoms with Crippen LogP contribution in [-0.4, -0.2) is 60.1 Å². The molecule has 19 heavy (non-hydrogen) atoms. The zero-order chi connectivity index (χ0) is 13.5. The van der Waals surface area contributed by atoms with Gasteiger partial charge in [0, 0.05) is 13.0 Å². The Labute approximate surface area is 116 Å². The van der Waals surface area contributed by atoms with Gasteiger partial charge in [0.1, 0.15) is 5.84 Å². The van der Waals surface area contributed by atoms with E-state index in [0.717, 1.165) is 18.9 Å². The Morgan fingerprint density at radius 1 is 1.11 bits per heavy atom. The molecule has 3 N–H and O–H groups in total. The SMILES string of the molecule is NC(CCCN1CCC(CN2CCCC2)CC1)=NO. The molecule has 0 aliphatic carbocycles. The van der Waals surface area contributed by atoms with Gasteiger partial charge in [-0.2, -0.15) is 0 Å². The number of nitrogens with two attached hydrogens (primary N) is 1. The third-order valence-electron chi connectivity index (χ3n) is 4.46. The molecule has 2 rings (SSSR count). The number of piperidine rings is 1. The molecule has 2 aliphatic heterocycles. The lowest BCUT2D eigenvalue weighted by Gasteiger charge is -2.33. The van der Waals surface area contributed by atoms with E-state index >= 15 is 0 Å². The Bertz CT molecular complexity index is 281. The quantitative estimate of drug-likeness (QED) is 0.330. The Morgan fingerprint density at radius 2 is 1.79 bits per heavy atom. The lowest BCUT2D eigenvalue weighted by atomic mass is 9.96. The number of hydrogen-bond acceptors (Lipinski definition) is 4. The zero-order valence-corrected chi connectivity index (χ0v) is 11.9. The molecule has 0 aromatic heterocycles. The van der Waals surface area contributed by atoms with E-state index in [0.29, 0.717) is 12.3 Å². The van der Waals surface area contributed by atoms with Crippen LogP contribution in [0.2, 0.25) is 0 Å². The number of rotatable bonds is 6. The van der Waals surface area contributed by atoms with Crippen LogP contribution in [0, 0.1) is 5.92 Å². The van der Waals surface area contributed by atoms with Gasteiger partial charge in [-0.3, -0.25) is 0 Å². The molecule has 0 spiro atoms. The van der Waals surface area contributed by atoms with Gasteiger partial charge in [-0.05, 0) is 70.7 Å². The van der Waals surface area contributed by atoms with Crippen LogP contribution in [0.5, 0.6) is 0 Å². The first-order valence-electron chi connectivity index (χ1n) is 7.69. The van der Waals surface area contributed by atoms with E-state index in [2.05, 4.69) is 15.0 Å². The van der Waals surface area contributed by atoms with Crippen molar-refractivity contribution in [1.29, 1.82) is 0 Å². The summed E-state index contributed by atoms with van der Waals surface area (Å²) in [6, 6.07) is 0. The molecule has 2 heterocycles. The molecule has 0 bridgehead atoms. The monoisotopic (exact) mass is 268 g/mol. The van der Waals surface area contributed by atoms with Crippen molar-refractivity contribution in [3.05, 3.63) is 0 Å². The molecule has 0 aromatic carbocycles. The van der Waals surface area contributed by atoms with Gasteiger partial charge in [0.15, 0.2) is 0 Å². The van der Waals surface area contributed by atoms with Crippen LogP contribution in [0.15, 0.2) is 5.16 Å². The summed E-state index contributed by atoms with van der Waals surface area (Å²) in [5.41, 5.74) is 5.48. The predicted octanol–water partition coefficient (Wildman–Crippen LogP) is 1.32. The number of amidine groups is 1. The van der Waals surface area contributed by atoms with E-state index in [1.807, 2.05) is 0 Å². The van der Waals surface area contributed by atoms with E-state index in [9.17, 15) is 0 Å². The maximum absolute atomic E-state index is 8.49. The number of hydrogen-bond donors (Lipinski definition) is 2. The molecule has 0 aromatic rings. The second kappa shape index (κ2) is 7.70. The first-order chi connectivity index (χ1) is 9.28. The maximum Gasteiger partial charge on any atom is 0.139 e. The van der Waals surface area contributed by atoms with E-state index in [-0.39, 0.29) is 0 Å². The van der Waals surface area contributed by atoms with Crippen molar-refractivity contribution in [1.82, 2.24) is 9.80 Å². The number of nitrogens with zero attached hydrogens (tertiary/aromatic N) is 3. The summed E-state index contributed by atoms with van der Waals surface area (Å²) in [4.78, 5) is 5.16. The van der Waals surface area contributed by atoms with Gasteiger partial charge in [-0.1, -0.05) is 5.16 Å². The summed E-state index contributed by atoms with van der Waals surface area (Å²) in [7, 11) is 0. The highest BCUT2D eigenvalue weighted by Gasteiger charge is 2.22. The van der Waals surface area contributed by atoms with E-state index in [1.165, 1.54) is 58.4 Å². The molecule has 0 saturated carbocycles. The minimum atomic E-state index is 0.351. The fourth-order valence-corrected chi connectivity index (χ4v) is 3.26. The second-order valence-corrected chi connectivity index (χ2v) is 5.99. The molecule has 0 amide bonds. The fraction of sp³-hybridized carbons (Fsp3) is 0.929. The lowest BCUT2D eigenvalue weighted by molar-refractivity contribution is 0.153. The van der Waals surface area contributed by atoms with Gasteiger partial charge >= 0.3 is 0 Å². The molecule has 0 unspecified atom stereocenters. The topological polar surface area (TPSA) is 65.1 Å². The minimum Gasteiger partial charge on any atom is -0.409 e. The summed E-state index contributed by atoms with van der Waals surface area (Å²) in [6.07, 6.45) is 7.15. The molecule has 110 valence electrons. The molecule has 0 atom stereocenters. The average Bonchev–Trinajstić information content (AvgIpc) is 2.93. The molecule has 5 nitrogen and oxygen atoms in total. The third-order valence-corrected chi connectivity index (χ3v) is 4.46. The normalized spacial score (nSPS) is 24.1. The first kappa shape index (κ1) is 14.6. The van der Waals surface area contributed by atoms with Crippen LogP contribution in [-0.2, 0) is 0 Å². The molecule has 2 aliphatic rings. The first-order valence-corrected chi connectivity index (χ1v) is 7.69. The van der Waals surface area contributed by atoms with Gasteiger partial charge in [-0.15, -0.1) is 0 Å². The van der Waals surface area contributed by atoms with E-state index in [1.54, 1.807) is 0 Å². The van der Waals surface area contributed by atoms with Crippen molar-refractivity contribution in [3.63, 3.8) is 0 Å². The van der Waals surface area contributed by atoms with Crippen LogP contribution in [0.25, 0.3) is 0 Å². The maximum atomic E-state index is 8.49. The van der Waals surface area contributed by atoms with Crippen molar-refractivity contribution >= 4 is 5.84 Å². The van der Waals surface area contributed by atoms with Crippen LogP contribution in [0.1, 0.15) is 38.5 Å². The standard InChI is InChI=1S/C14H28N4O/c15-14(16-19)4-3-9-17-10-5-13(6-11-17)12-18-7-1-2-8-18/h13,19H,1-12H2,(H2,15,16). The molecule has 5 heteroatoms. The Balaban J connectivity index is 1.57. The van der Waals surface area contributed by atoms with Crippen molar-refractivity contribution in [2.45, 2.75) is 38.5 Å². The van der Waals surface area contributed by atoms with Gasteiger partial charge in [0.25, 0.3) is 0 Å². The minimum absolute atomic E-state index is 0.351. The highest BCUT2D eigenvalue weighted by molar-refractivity contribution is 5.79. The summed E-state index contributed by atoms with van der Waals surface area (Å²) < 4.78 is 0. The summed E-state index contributed by atoms with van der Waals surface area (Å²) >= 11 is 0. The number of likely N-dealkylation sites (tertiary alicyclic amines) is 2. The summed E-state index contributed by atoms with van der Waals surface area (Å²) in [6.45, 7) is 7.47. The van der Waals surface area contributed by atoms with Crippen molar-refractivity contribution in [3.8, 4) is 0 Å². The molecule has 0 radical (unpaired) electrons. The second-order valence-electron chi connectivity index (χ2n) is 5.99. The van der Waals surface area contributed by atoms with Crippen molar-refractivity contribution in [2.75, 3.05) is 39.3 Å². The van der Waals surface area contributed by atoms with E-state index in [4.69, 9.17) is 10.9 Å². The van der Waals surface area contributed by atoms with Crippen molar-refractivity contribution in [2.24, 2.45) is 16.8 Å². The van der Waals surface area contributed by atoms with E-state index < -0.39 is 0 Å². The van der Waals surface area contributed by atoms with Crippen LogP contribution in [0.4, 0.5) is 0 Å². The highest BCUT2D eigenvalue weighted by atomic mass is 16.4. The Hall–Kier alpha value is -0.810. The lowest BCUT2D eigenvalue weighted by Crippen LogP contribution is -2.38. The molecular weight excluding hydrogens is 240 g/mol. The predicted molar refractivity (Wildman–Crippen MR) is 77.5 cm³/mol. The Morgan fingerprint density at radius 3 is 2.42 bits per heavy atom. The van der Waals surface area contributed by atoms with Crippen molar-refractivity contribution < 1.29 is 5.21 Å². The van der Waals surface area contributed by atoms with Gasteiger partial charge < -0.3 is 20.7 Å². The molecule has 2 saturated heterocycles. The highest BCUT2D eigenvalue weighted by Crippen LogP contribution is 2.20. The summed E-state index contributed by atoms with van der Waals surface area (Å²) in [5, 5.41) is 11.5. The van der Waals surface area contributed by atoms with Gasteiger partial charge in [0.2, 0.25) is 0 Å². The van der Waals surface area contributed by atoms with Crippen LogP contribution in [0.3, 0.4) is 0 Å². The number of oxime groups is 1. The fourth-order valence-electron chi connectivity index (χ4n) is 3.26. The molecular formula is C14H28N4O. The van der Waals surface area contributed by atoms with Crippen LogP contribution >= 0.6 is 0 Å². The molecule has 2 fully saturated rings. The smallest absolute Gasteiger partial charge is 0.139 e. The Kier molecular flexibility index (Phi) is 5.92. The largest absolute Gasteiger partial charge is 0.409 e. The van der Waals surface area contributed by atoms with Crippen LogP contribution < -0.4 is 5.73 Å².